The molecule has 0 unspecified atom stereocenters. The van der Waals surface area contributed by atoms with Crippen molar-refractivity contribution in [3.8, 4) is 0 Å². The summed E-state index contributed by atoms with van der Waals surface area (Å²) in [6.45, 7) is 13.2. The number of aromatic nitrogens is 2. The van der Waals surface area contributed by atoms with Crippen molar-refractivity contribution in [1.82, 2.24) is 15.1 Å². The Morgan fingerprint density at radius 1 is 1.11 bits per heavy atom. The summed E-state index contributed by atoms with van der Waals surface area (Å²) in [5.41, 5.74) is 3.83. The highest BCUT2D eigenvalue weighted by molar-refractivity contribution is 5.24. The van der Waals surface area contributed by atoms with Crippen LogP contribution in [0.3, 0.4) is 0 Å². The monoisotopic (exact) mass is 267 g/mol. The van der Waals surface area contributed by atoms with Gasteiger partial charge in [-0.2, -0.15) is 5.10 Å². The molecule has 1 heterocycles. The molecule has 0 fully saturated rings. The molecule has 4 nitrogen and oxygen atoms in total. The number of hydrogen-bond acceptors (Lipinski definition) is 3. The zero-order chi connectivity index (χ0) is 14.1. The van der Waals surface area contributed by atoms with Crippen molar-refractivity contribution >= 4 is 0 Å². The zero-order valence-electron chi connectivity index (χ0n) is 13.0. The van der Waals surface area contributed by atoms with Crippen molar-refractivity contribution in [3.63, 3.8) is 0 Å². The van der Waals surface area contributed by atoms with Crippen LogP contribution in [0.5, 0.6) is 0 Å². The molecule has 4 heteroatoms. The Morgan fingerprint density at radius 2 is 1.89 bits per heavy atom. The number of hydrogen-bond donors (Lipinski definition) is 1. The Bertz CT molecular complexity index is 361. The van der Waals surface area contributed by atoms with E-state index in [4.69, 9.17) is 4.74 Å². The van der Waals surface area contributed by atoms with Crippen molar-refractivity contribution in [1.29, 1.82) is 0 Å². The first kappa shape index (κ1) is 16.2. The highest BCUT2D eigenvalue weighted by Crippen LogP contribution is 2.13. The lowest BCUT2D eigenvalue weighted by atomic mass is 10.1. The van der Waals surface area contributed by atoms with Gasteiger partial charge in [-0.25, -0.2) is 0 Å². The van der Waals surface area contributed by atoms with Crippen molar-refractivity contribution in [3.05, 3.63) is 17.0 Å². The fourth-order valence-corrected chi connectivity index (χ4v) is 2.23. The van der Waals surface area contributed by atoms with Gasteiger partial charge in [-0.3, -0.25) is 4.68 Å². The van der Waals surface area contributed by atoms with Crippen LogP contribution in [0.4, 0.5) is 0 Å². The van der Waals surface area contributed by atoms with Gasteiger partial charge in [0, 0.05) is 12.3 Å². The van der Waals surface area contributed by atoms with E-state index in [1.807, 2.05) is 0 Å². The van der Waals surface area contributed by atoms with Gasteiger partial charge in [-0.05, 0) is 51.8 Å². The molecule has 110 valence electrons. The van der Waals surface area contributed by atoms with Crippen LogP contribution < -0.4 is 5.32 Å². The van der Waals surface area contributed by atoms with E-state index in [9.17, 15) is 0 Å². The molecule has 0 bridgehead atoms. The number of aryl methyl sites for hydroxylation is 1. The van der Waals surface area contributed by atoms with E-state index in [-0.39, 0.29) is 0 Å². The lowest BCUT2D eigenvalue weighted by molar-refractivity contribution is 0.124. The molecule has 0 saturated heterocycles. The van der Waals surface area contributed by atoms with Gasteiger partial charge in [-0.15, -0.1) is 0 Å². The van der Waals surface area contributed by atoms with E-state index in [1.165, 1.54) is 17.7 Å². The molecule has 1 aromatic heterocycles. The maximum absolute atomic E-state index is 5.53. The largest absolute Gasteiger partial charge is 0.380 e. The van der Waals surface area contributed by atoms with Crippen molar-refractivity contribution < 1.29 is 4.74 Å². The third-order valence-electron chi connectivity index (χ3n) is 3.31. The first-order valence-corrected chi connectivity index (χ1v) is 7.52. The zero-order valence-corrected chi connectivity index (χ0v) is 13.0. The topological polar surface area (TPSA) is 39.1 Å². The first-order chi connectivity index (χ1) is 9.20. The van der Waals surface area contributed by atoms with Gasteiger partial charge in [0.25, 0.3) is 0 Å². The SMILES string of the molecule is CCCNCCc1c(C)nn(CCOCCC)c1C. The molecule has 0 aliphatic carbocycles. The van der Waals surface area contributed by atoms with Gasteiger partial charge in [0.1, 0.15) is 0 Å². The average Bonchev–Trinajstić information content (AvgIpc) is 2.67. The van der Waals surface area contributed by atoms with Crippen LogP contribution in [-0.2, 0) is 17.7 Å². The highest BCUT2D eigenvalue weighted by Gasteiger charge is 2.10. The quantitative estimate of drug-likeness (QED) is 0.662. The fourth-order valence-electron chi connectivity index (χ4n) is 2.23. The average molecular weight is 267 g/mol. The number of nitrogens with one attached hydrogen (secondary N) is 1. The Labute approximate surface area is 117 Å². The summed E-state index contributed by atoms with van der Waals surface area (Å²) in [5, 5.41) is 8.06. The minimum absolute atomic E-state index is 0.753. The first-order valence-electron chi connectivity index (χ1n) is 7.52. The summed E-state index contributed by atoms with van der Waals surface area (Å²) >= 11 is 0. The molecule has 0 radical (unpaired) electrons. The van der Waals surface area contributed by atoms with Gasteiger partial charge in [0.2, 0.25) is 0 Å². The summed E-state index contributed by atoms with van der Waals surface area (Å²) in [6.07, 6.45) is 3.32. The second-order valence-electron chi connectivity index (χ2n) is 4.98. The Kier molecular flexibility index (Phi) is 7.75. The van der Waals surface area contributed by atoms with Crippen LogP contribution in [0, 0.1) is 13.8 Å². The summed E-state index contributed by atoms with van der Waals surface area (Å²) in [7, 11) is 0. The predicted molar refractivity (Wildman–Crippen MR) is 79.7 cm³/mol. The molecule has 1 N–H and O–H groups in total. The molecular formula is C15H29N3O. The molecule has 19 heavy (non-hydrogen) atoms. The Morgan fingerprint density at radius 3 is 2.58 bits per heavy atom. The maximum Gasteiger partial charge on any atom is 0.0662 e. The normalized spacial score (nSPS) is 11.2. The van der Waals surface area contributed by atoms with Crippen molar-refractivity contribution in [2.75, 3.05) is 26.3 Å². The lowest BCUT2D eigenvalue weighted by Gasteiger charge is -2.07. The molecule has 0 saturated carbocycles. The van der Waals surface area contributed by atoms with Gasteiger partial charge in [0.05, 0.1) is 18.8 Å². The van der Waals surface area contributed by atoms with E-state index < -0.39 is 0 Å². The molecule has 1 rings (SSSR count). The number of rotatable bonds is 10. The van der Waals surface area contributed by atoms with Crippen LogP contribution >= 0.6 is 0 Å². The number of ether oxygens (including phenoxy) is 1. The summed E-state index contributed by atoms with van der Waals surface area (Å²) < 4.78 is 7.61. The van der Waals surface area contributed by atoms with Crippen LogP contribution in [0.1, 0.15) is 43.6 Å². The molecule has 0 atom stereocenters. The molecule has 0 spiro atoms. The van der Waals surface area contributed by atoms with Crippen LogP contribution in [-0.4, -0.2) is 36.1 Å². The van der Waals surface area contributed by atoms with E-state index in [0.717, 1.165) is 51.4 Å². The van der Waals surface area contributed by atoms with Crippen LogP contribution in [0.15, 0.2) is 0 Å². The standard InChI is InChI=1S/C15H29N3O/c1-5-8-16-9-7-15-13(3)17-18(14(15)4)10-12-19-11-6-2/h16H,5-12H2,1-4H3. The predicted octanol–water partition coefficient (Wildman–Crippen LogP) is 2.47. The van der Waals surface area contributed by atoms with E-state index in [0.29, 0.717) is 0 Å². The van der Waals surface area contributed by atoms with Gasteiger partial charge in [0.15, 0.2) is 0 Å². The second kappa shape index (κ2) is 9.10. The fraction of sp³-hybridized carbons (Fsp3) is 0.800. The highest BCUT2D eigenvalue weighted by atomic mass is 16.5. The minimum atomic E-state index is 0.753. The summed E-state index contributed by atoms with van der Waals surface area (Å²) in [4.78, 5) is 0. The molecule has 0 aromatic carbocycles. The van der Waals surface area contributed by atoms with E-state index in [2.05, 4.69) is 42.8 Å². The molecule has 0 aliphatic rings. The molecular weight excluding hydrogens is 238 g/mol. The Hall–Kier alpha value is -0.870. The van der Waals surface area contributed by atoms with E-state index >= 15 is 0 Å². The third kappa shape index (κ3) is 5.33. The molecule has 0 amide bonds. The Balaban J connectivity index is 2.46. The van der Waals surface area contributed by atoms with Crippen LogP contribution in [0.25, 0.3) is 0 Å². The van der Waals surface area contributed by atoms with Gasteiger partial charge >= 0.3 is 0 Å². The molecule has 1 aromatic rings. The van der Waals surface area contributed by atoms with Gasteiger partial charge in [-0.1, -0.05) is 13.8 Å². The van der Waals surface area contributed by atoms with Crippen molar-refractivity contribution in [2.45, 2.75) is 53.5 Å². The number of nitrogens with zero attached hydrogens (tertiary/aromatic N) is 2. The maximum atomic E-state index is 5.53. The summed E-state index contributed by atoms with van der Waals surface area (Å²) in [5.74, 6) is 0. The minimum Gasteiger partial charge on any atom is -0.380 e. The lowest BCUT2D eigenvalue weighted by Crippen LogP contribution is -2.18. The molecule has 0 aliphatic heterocycles. The second-order valence-corrected chi connectivity index (χ2v) is 4.98. The van der Waals surface area contributed by atoms with E-state index in [1.54, 1.807) is 0 Å². The van der Waals surface area contributed by atoms with Crippen LogP contribution in [0.2, 0.25) is 0 Å². The summed E-state index contributed by atoms with van der Waals surface area (Å²) in [6, 6.07) is 0. The third-order valence-corrected chi connectivity index (χ3v) is 3.31. The smallest absolute Gasteiger partial charge is 0.0662 e. The van der Waals surface area contributed by atoms with Crippen molar-refractivity contribution in [2.24, 2.45) is 0 Å². The van der Waals surface area contributed by atoms with Gasteiger partial charge < -0.3 is 10.1 Å².